The van der Waals surface area contributed by atoms with E-state index in [4.69, 9.17) is 11.6 Å². The second-order valence-electron chi connectivity index (χ2n) is 8.41. The first-order valence-electron chi connectivity index (χ1n) is 10.7. The Bertz CT molecular complexity index is 1380. The van der Waals surface area contributed by atoms with Gasteiger partial charge in [-0.3, -0.25) is 14.0 Å². The molecule has 36 heavy (non-hydrogen) atoms. The highest BCUT2D eigenvalue weighted by Gasteiger charge is 2.29. The van der Waals surface area contributed by atoms with E-state index in [1.165, 1.54) is 37.2 Å². The van der Waals surface area contributed by atoms with Crippen LogP contribution in [0.3, 0.4) is 0 Å². The van der Waals surface area contributed by atoms with E-state index in [-0.39, 0.29) is 11.3 Å². The van der Waals surface area contributed by atoms with Crippen LogP contribution in [0.25, 0.3) is 17.0 Å². The molecule has 4 rings (SSSR count). The van der Waals surface area contributed by atoms with Crippen molar-refractivity contribution in [1.82, 2.24) is 34.6 Å². The lowest BCUT2D eigenvalue weighted by Gasteiger charge is -2.20. The number of imidazole rings is 1. The molecule has 0 aliphatic heterocycles. The van der Waals surface area contributed by atoms with Crippen LogP contribution in [0.2, 0.25) is 5.02 Å². The number of fused-ring (bicyclic) bond motifs is 1. The maximum atomic E-state index is 14.0. The first-order chi connectivity index (χ1) is 17.0. The standard InChI is InChI=1S/C22H21ClF4N8O/c1-22(2,27)17(24)8-30-21(36)14-7-28-19(35-11-31-16-3-12(23)5-29-20(16)35)4-15(14)33-13-6-32-34(9-13)10-18(25)26/h3-7,9,11,17-18H,8,10H2,1-2H3,(H,28,33)(H,30,36). The molecule has 4 aromatic heterocycles. The summed E-state index contributed by atoms with van der Waals surface area (Å²) in [6.07, 6.45) is 2.27. The lowest BCUT2D eigenvalue weighted by molar-refractivity contribution is 0.0759. The molecule has 0 saturated heterocycles. The van der Waals surface area contributed by atoms with Crippen molar-refractivity contribution >= 4 is 40.0 Å². The topological polar surface area (TPSA) is 103 Å². The van der Waals surface area contributed by atoms with Gasteiger partial charge in [0.15, 0.2) is 11.8 Å². The van der Waals surface area contributed by atoms with Gasteiger partial charge in [-0.1, -0.05) is 11.6 Å². The molecule has 0 aromatic carbocycles. The second kappa shape index (κ2) is 10.1. The van der Waals surface area contributed by atoms with Crippen molar-refractivity contribution in [2.24, 2.45) is 0 Å². The SMILES string of the molecule is CC(C)(F)C(F)CNC(=O)c1cnc(-n2cnc3cc(Cl)cnc32)cc1Nc1cnn(CC(F)F)c1. The Labute approximate surface area is 207 Å². The van der Waals surface area contributed by atoms with E-state index < -0.39 is 37.3 Å². The zero-order valence-corrected chi connectivity index (χ0v) is 19.8. The number of nitrogens with zero attached hydrogens (tertiary/aromatic N) is 6. The van der Waals surface area contributed by atoms with Crippen molar-refractivity contribution in [3.05, 3.63) is 53.8 Å². The van der Waals surface area contributed by atoms with E-state index in [1.54, 1.807) is 10.6 Å². The summed E-state index contributed by atoms with van der Waals surface area (Å²) in [5.41, 5.74) is -0.657. The highest BCUT2D eigenvalue weighted by atomic mass is 35.5. The monoisotopic (exact) mass is 524 g/mol. The third-order valence-electron chi connectivity index (χ3n) is 5.16. The summed E-state index contributed by atoms with van der Waals surface area (Å²) in [4.78, 5) is 25.6. The maximum Gasteiger partial charge on any atom is 0.257 e. The fourth-order valence-corrected chi connectivity index (χ4v) is 3.40. The lowest BCUT2D eigenvalue weighted by Crippen LogP contribution is -2.39. The predicted molar refractivity (Wildman–Crippen MR) is 126 cm³/mol. The maximum absolute atomic E-state index is 14.0. The Kier molecular flexibility index (Phi) is 7.11. The quantitative estimate of drug-likeness (QED) is 0.313. The number of hydrogen-bond acceptors (Lipinski definition) is 6. The van der Waals surface area contributed by atoms with Crippen LogP contribution in [0.15, 0.2) is 43.2 Å². The van der Waals surface area contributed by atoms with Crippen LogP contribution >= 0.6 is 11.6 Å². The normalized spacial score (nSPS) is 12.8. The summed E-state index contributed by atoms with van der Waals surface area (Å²) in [6.45, 7) is 0.969. The average molecular weight is 525 g/mol. The minimum atomic E-state index is -2.60. The summed E-state index contributed by atoms with van der Waals surface area (Å²) in [7, 11) is 0. The Morgan fingerprint density at radius 3 is 2.64 bits per heavy atom. The molecule has 0 aliphatic rings. The van der Waals surface area contributed by atoms with Gasteiger partial charge in [0, 0.05) is 24.7 Å². The largest absolute Gasteiger partial charge is 0.352 e. The van der Waals surface area contributed by atoms with Crippen molar-refractivity contribution < 1.29 is 22.4 Å². The van der Waals surface area contributed by atoms with Gasteiger partial charge in [0.2, 0.25) is 0 Å². The summed E-state index contributed by atoms with van der Waals surface area (Å²) in [5.74, 6) is -0.400. The van der Waals surface area contributed by atoms with Crippen molar-refractivity contribution in [3.63, 3.8) is 0 Å². The molecule has 0 bridgehead atoms. The molecule has 2 N–H and O–H groups in total. The molecule has 14 heteroatoms. The van der Waals surface area contributed by atoms with E-state index in [0.29, 0.717) is 27.7 Å². The molecule has 4 aromatic rings. The second-order valence-corrected chi connectivity index (χ2v) is 8.84. The summed E-state index contributed by atoms with van der Waals surface area (Å²) >= 11 is 5.97. The number of aromatic nitrogens is 6. The molecule has 4 heterocycles. The van der Waals surface area contributed by atoms with E-state index in [2.05, 4.69) is 30.7 Å². The fourth-order valence-electron chi connectivity index (χ4n) is 3.25. The van der Waals surface area contributed by atoms with Gasteiger partial charge in [0.1, 0.15) is 29.9 Å². The Morgan fingerprint density at radius 1 is 1.14 bits per heavy atom. The van der Waals surface area contributed by atoms with Crippen LogP contribution in [0.1, 0.15) is 24.2 Å². The molecule has 0 radical (unpaired) electrons. The van der Waals surface area contributed by atoms with E-state index in [0.717, 1.165) is 18.5 Å². The Balaban J connectivity index is 1.68. The molecule has 0 saturated carbocycles. The van der Waals surface area contributed by atoms with Gasteiger partial charge in [-0.15, -0.1) is 0 Å². The highest BCUT2D eigenvalue weighted by Crippen LogP contribution is 2.25. The fraction of sp³-hybridized carbons (Fsp3) is 0.318. The number of alkyl halides is 4. The predicted octanol–water partition coefficient (Wildman–Crippen LogP) is 4.49. The van der Waals surface area contributed by atoms with Crippen molar-refractivity contribution in [1.29, 1.82) is 0 Å². The lowest BCUT2D eigenvalue weighted by atomic mass is 10.1. The summed E-state index contributed by atoms with van der Waals surface area (Å²) in [6, 6.07) is 3.13. The molecule has 190 valence electrons. The number of anilines is 2. The van der Waals surface area contributed by atoms with E-state index in [9.17, 15) is 22.4 Å². The Hall–Kier alpha value is -3.74. The minimum Gasteiger partial charge on any atom is -0.352 e. The number of nitrogens with one attached hydrogen (secondary N) is 2. The van der Waals surface area contributed by atoms with Crippen molar-refractivity contribution in [2.45, 2.75) is 38.7 Å². The van der Waals surface area contributed by atoms with Gasteiger partial charge < -0.3 is 10.6 Å². The minimum absolute atomic E-state index is 0.00430. The van der Waals surface area contributed by atoms with Crippen LogP contribution in [-0.2, 0) is 6.54 Å². The van der Waals surface area contributed by atoms with E-state index in [1.807, 2.05) is 0 Å². The molecule has 0 aliphatic carbocycles. The zero-order chi connectivity index (χ0) is 26.0. The van der Waals surface area contributed by atoms with Crippen LogP contribution < -0.4 is 10.6 Å². The molecule has 0 fully saturated rings. The molecular formula is C22H21ClF4N8O. The van der Waals surface area contributed by atoms with E-state index >= 15 is 0 Å². The van der Waals surface area contributed by atoms with Crippen LogP contribution in [-0.4, -0.2) is 60.0 Å². The first kappa shape index (κ1) is 25.4. The average Bonchev–Trinajstić information content (AvgIpc) is 3.42. The van der Waals surface area contributed by atoms with Crippen molar-refractivity contribution in [3.8, 4) is 5.82 Å². The molecular weight excluding hydrogens is 504 g/mol. The number of halogens is 5. The van der Waals surface area contributed by atoms with Crippen LogP contribution in [0, 0.1) is 0 Å². The molecule has 1 unspecified atom stereocenters. The van der Waals surface area contributed by atoms with Gasteiger partial charge in [0.25, 0.3) is 12.3 Å². The third kappa shape index (κ3) is 5.73. The molecule has 0 spiro atoms. The number of rotatable bonds is 9. The highest BCUT2D eigenvalue weighted by molar-refractivity contribution is 6.31. The number of amides is 1. The molecule has 1 amide bonds. The number of pyridine rings is 2. The van der Waals surface area contributed by atoms with Gasteiger partial charge in [-0.25, -0.2) is 32.5 Å². The summed E-state index contributed by atoms with van der Waals surface area (Å²) in [5, 5.41) is 9.57. The van der Waals surface area contributed by atoms with Crippen LogP contribution in [0.5, 0.6) is 0 Å². The molecule has 9 nitrogen and oxygen atoms in total. The molecule has 1 atom stereocenters. The van der Waals surface area contributed by atoms with Crippen LogP contribution in [0.4, 0.5) is 28.9 Å². The zero-order valence-electron chi connectivity index (χ0n) is 19.1. The first-order valence-corrected chi connectivity index (χ1v) is 11.1. The number of carbonyl (C=O) groups is 1. The smallest absolute Gasteiger partial charge is 0.257 e. The van der Waals surface area contributed by atoms with Gasteiger partial charge >= 0.3 is 0 Å². The van der Waals surface area contributed by atoms with Crippen molar-refractivity contribution in [2.75, 3.05) is 11.9 Å². The Morgan fingerprint density at radius 2 is 1.92 bits per heavy atom. The summed E-state index contributed by atoms with van der Waals surface area (Å²) < 4.78 is 55.9. The van der Waals surface area contributed by atoms with Gasteiger partial charge in [-0.2, -0.15) is 5.10 Å². The van der Waals surface area contributed by atoms with Gasteiger partial charge in [0.05, 0.1) is 34.7 Å². The van der Waals surface area contributed by atoms with Gasteiger partial charge in [-0.05, 0) is 19.9 Å². The number of carbonyl (C=O) groups excluding carboxylic acids is 1. The number of hydrogen-bond donors (Lipinski definition) is 2. The third-order valence-corrected chi connectivity index (χ3v) is 5.37.